The van der Waals surface area contributed by atoms with Gasteiger partial charge in [0.2, 0.25) is 0 Å². The summed E-state index contributed by atoms with van der Waals surface area (Å²) in [7, 11) is 0. The van der Waals surface area contributed by atoms with Crippen LogP contribution in [0.2, 0.25) is 0 Å². The molecule has 1 aliphatic heterocycles. The quantitative estimate of drug-likeness (QED) is 0.873. The minimum atomic E-state index is -0.992. The Labute approximate surface area is 116 Å². The van der Waals surface area contributed by atoms with Crippen LogP contribution in [-0.2, 0) is 4.79 Å². The summed E-state index contributed by atoms with van der Waals surface area (Å²) in [6.07, 6.45) is 0.665. The third-order valence-electron chi connectivity index (χ3n) is 3.64. The molecule has 2 rings (SSSR count). The van der Waals surface area contributed by atoms with Crippen LogP contribution in [-0.4, -0.2) is 39.5 Å². The van der Waals surface area contributed by atoms with E-state index in [1.165, 1.54) is 17.0 Å². The number of nitrogens with zero attached hydrogens (tertiary/aromatic N) is 3. The van der Waals surface area contributed by atoms with Crippen molar-refractivity contribution in [1.82, 2.24) is 9.88 Å². The summed E-state index contributed by atoms with van der Waals surface area (Å²) in [6.45, 7) is 3.89. The summed E-state index contributed by atoms with van der Waals surface area (Å²) in [6, 6.07) is 4.18. The molecule has 0 aliphatic carbocycles. The van der Waals surface area contributed by atoms with E-state index in [1.54, 1.807) is 6.92 Å². The lowest BCUT2D eigenvalue weighted by Gasteiger charge is -2.23. The fourth-order valence-corrected chi connectivity index (χ4v) is 2.50. The predicted octanol–water partition coefficient (Wildman–Crippen LogP) is 1.20. The first-order chi connectivity index (χ1) is 9.45. The van der Waals surface area contributed by atoms with Crippen LogP contribution in [0, 0.1) is 24.2 Å². The number of rotatable bonds is 2. The van der Waals surface area contributed by atoms with Crippen LogP contribution in [0.15, 0.2) is 12.1 Å². The molecule has 1 aromatic heterocycles. The second-order valence-electron chi connectivity index (χ2n) is 4.99. The molecule has 1 fully saturated rings. The van der Waals surface area contributed by atoms with Gasteiger partial charge in [-0.1, -0.05) is 6.92 Å². The number of carboxylic acid groups (broad SMARTS) is 1. The van der Waals surface area contributed by atoms with Crippen molar-refractivity contribution in [2.45, 2.75) is 26.3 Å². The number of aliphatic carboxylic acids is 1. The number of carbonyl (C=O) groups is 2. The Balaban J connectivity index is 2.30. The molecule has 0 saturated carbocycles. The van der Waals surface area contributed by atoms with E-state index in [4.69, 9.17) is 5.26 Å². The van der Waals surface area contributed by atoms with Gasteiger partial charge in [0.15, 0.2) is 0 Å². The predicted molar refractivity (Wildman–Crippen MR) is 69.9 cm³/mol. The van der Waals surface area contributed by atoms with Crippen molar-refractivity contribution in [3.63, 3.8) is 0 Å². The molecule has 2 atom stereocenters. The Morgan fingerprint density at radius 2 is 2.20 bits per heavy atom. The maximum absolute atomic E-state index is 12.4. The van der Waals surface area contributed by atoms with Gasteiger partial charge in [0.1, 0.15) is 17.8 Å². The van der Waals surface area contributed by atoms with Crippen LogP contribution < -0.4 is 0 Å². The van der Waals surface area contributed by atoms with Gasteiger partial charge in [-0.05, 0) is 31.4 Å². The summed E-state index contributed by atoms with van der Waals surface area (Å²) >= 11 is 0. The van der Waals surface area contributed by atoms with Gasteiger partial charge in [0, 0.05) is 6.54 Å². The Kier molecular flexibility index (Phi) is 3.70. The molecule has 0 aromatic carbocycles. The number of hydrogen-bond donors (Lipinski definition) is 1. The van der Waals surface area contributed by atoms with Gasteiger partial charge in [0.05, 0.1) is 11.3 Å². The third-order valence-corrected chi connectivity index (χ3v) is 3.64. The average Bonchev–Trinajstić information content (AvgIpc) is 2.79. The number of aromatic nitrogens is 1. The first-order valence-corrected chi connectivity index (χ1v) is 6.37. The smallest absolute Gasteiger partial charge is 0.326 e. The van der Waals surface area contributed by atoms with Gasteiger partial charge in [-0.15, -0.1) is 0 Å². The minimum absolute atomic E-state index is 0.0732. The second kappa shape index (κ2) is 5.29. The van der Waals surface area contributed by atoms with E-state index in [-0.39, 0.29) is 11.6 Å². The van der Waals surface area contributed by atoms with Crippen molar-refractivity contribution < 1.29 is 14.7 Å². The number of likely N-dealkylation sites (tertiary alicyclic amines) is 1. The van der Waals surface area contributed by atoms with E-state index in [0.29, 0.717) is 24.2 Å². The van der Waals surface area contributed by atoms with Gasteiger partial charge in [-0.25, -0.2) is 9.78 Å². The summed E-state index contributed by atoms with van der Waals surface area (Å²) < 4.78 is 0. The number of amides is 1. The fraction of sp³-hybridized carbons (Fsp3) is 0.429. The fourth-order valence-electron chi connectivity index (χ4n) is 2.50. The molecule has 1 N–H and O–H groups in total. The van der Waals surface area contributed by atoms with Gasteiger partial charge in [0.25, 0.3) is 5.91 Å². The highest BCUT2D eigenvalue weighted by Crippen LogP contribution is 2.25. The maximum atomic E-state index is 12.4. The third kappa shape index (κ3) is 2.35. The molecular weight excluding hydrogens is 258 g/mol. The second-order valence-corrected chi connectivity index (χ2v) is 4.99. The highest BCUT2D eigenvalue weighted by atomic mass is 16.4. The van der Waals surface area contributed by atoms with Crippen molar-refractivity contribution in [3.8, 4) is 6.07 Å². The molecule has 0 spiro atoms. The molecule has 6 heteroatoms. The first-order valence-electron chi connectivity index (χ1n) is 6.37. The van der Waals surface area contributed by atoms with Crippen molar-refractivity contribution in [2.75, 3.05) is 6.54 Å². The number of carboxylic acids is 1. The number of nitriles is 1. The zero-order valence-corrected chi connectivity index (χ0v) is 11.3. The topological polar surface area (TPSA) is 94.3 Å². The van der Waals surface area contributed by atoms with Gasteiger partial charge in [-0.2, -0.15) is 5.26 Å². The Bertz CT molecular complexity index is 606. The lowest BCUT2D eigenvalue weighted by Crippen LogP contribution is -2.43. The molecule has 1 aliphatic rings. The number of hydrogen-bond acceptors (Lipinski definition) is 4. The van der Waals surface area contributed by atoms with Gasteiger partial charge in [-0.3, -0.25) is 4.79 Å². The van der Waals surface area contributed by atoms with E-state index < -0.39 is 17.9 Å². The molecule has 20 heavy (non-hydrogen) atoms. The van der Waals surface area contributed by atoms with Crippen LogP contribution in [0.25, 0.3) is 0 Å². The van der Waals surface area contributed by atoms with Crippen molar-refractivity contribution >= 4 is 11.9 Å². The van der Waals surface area contributed by atoms with Gasteiger partial charge < -0.3 is 10.0 Å². The normalized spacial score (nSPS) is 21.6. The highest BCUT2D eigenvalue weighted by molar-refractivity contribution is 5.95. The van der Waals surface area contributed by atoms with E-state index in [1.807, 2.05) is 13.0 Å². The van der Waals surface area contributed by atoms with Crippen molar-refractivity contribution in [1.29, 1.82) is 5.26 Å². The zero-order chi connectivity index (χ0) is 14.9. The molecule has 1 amide bonds. The SMILES string of the molecule is Cc1nc(C(=O)N2CCC(C)C2C(=O)O)ccc1C#N. The van der Waals surface area contributed by atoms with E-state index >= 15 is 0 Å². The lowest BCUT2D eigenvalue weighted by molar-refractivity contribution is -0.142. The molecule has 1 aromatic rings. The van der Waals surface area contributed by atoms with Gasteiger partial charge >= 0.3 is 5.97 Å². The molecule has 2 heterocycles. The van der Waals surface area contributed by atoms with Crippen LogP contribution >= 0.6 is 0 Å². The van der Waals surface area contributed by atoms with Crippen molar-refractivity contribution in [3.05, 3.63) is 29.1 Å². The zero-order valence-electron chi connectivity index (χ0n) is 11.3. The molecule has 0 bridgehead atoms. The van der Waals surface area contributed by atoms with E-state index in [2.05, 4.69) is 4.98 Å². The summed E-state index contributed by atoms with van der Waals surface area (Å²) in [5.74, 6) is -1.46. The molecule has 1 saturated heterocycles. The van der Waals surface area contributed by atoms with Crippen LogP contribution in [0.1, 0.15) is 35.1 Å². The number of aryl methyl sites for hydroxylation is 1. The van der Waals surface area contributed by atoms with Crippen molar-refractivity contribution in [2.24, 2.45) is 5.92 Å². The molecule has 2 unspecified atom stereocenters. The molecule has 6 nitrogen and oxygen atoms in total. The highest BCUT2D eigenvalue weighted by Gasteiger charge is 2.40. The average molecular weight is 273 g/mol. The minimum Gasteiger partial charge on any atom is -0.480 e. The summed E-state index contributed by atoms with van der Waals surface area (Å²) in [5, 5.41) is 18.1. The summed E-state index contributed by atoms with van der Waals surface area (Å²) in [4.78, 5) is 29.1. The lowest BCUT2D eigenvalue weighted by atomic mass is 10.0. The van der Waals surface area contributed by atoms with Crippen LogP contribution in [0.5, 0.6) is 0 Å². The summed E-state index contributed by atoms with van der Waals surface area (Å²) in [5.41, 5.74) is 1.06. The molecule has 0 radical (unpaired) electrons. The Morgan fingerprint density at radius 3 is 2.75 bits per heavy atom. The molecule has 104 valence electrons. The number of carbonyl (C=O) groups excluding carboxylic acids is 1. The number of pyridine rings is 1. The monoisotopic (exact) mass is 273 g/mol. The standard InChI is InChI=1S/C14H15N3O3/c1-8-5-6-17(12(8)14(19)20)13(18)11-4-3-10(7-15)9(2)16-11/h3-4,8,12H,5-6H2,1-2H3,(H,19,20). The van der Waals surface area contributed by atoms with E-state index in [0.717, 1.165) is 0 Å². The maximum Gasteiger partial charge on any atom is 0.326 e. The first kappa shape index (κ1) is 14.0. The Morgan fingerprint density at radius 1 is 1.50 bits per heavy atom. The van der Waals surface area contributed by atoms with Crippen LogP contribution in [0.4, 0.5) is 0 Å². The molecular formula is C14H15N3O3. The Hall–Kier alpha value is -2.42. The largest absolute Gasteiger partial charge is 0.480 e. The van der Waals surface area contributed by atoms with Crippen LogP contribution in [0.3, 0.4) is 0 Å². The van der Waals surface area contributed by atoms with E-state index in [9.17, 15) is 14.7 Å².